The molecule has 0 atom stereocenters. The zero-order valence-electron chi connectivity index (χ0n) is 21.1. The highest BCUT2D eigenvalue weighted by Gasteiger charge is 2.16. The van der Waals surface area contributed by atoms with E-state index in [4.69, 9.17) is 4.74 Å². The highest BCUT2D eigenvalue weighted by molar-refractivity contribution is 5.79. The molecule has 4 aromatic rings. The minimum absolute atomic E-state index is 0.0850. The molecule has 0 unspecified atom stereocenters. The Labute approximate surface area is 214 Å². The number of carbonyl (C=O) groups excluding carboxylic acids is 2. The minimum Gasteiger partial charge on any atom is -0.496 e. The van der Waals surface area contributed by atoms with E-state index in [-0.39, 0.29) is 18.9 Å². The van der Waals surface area contributed by atoms with Crippen LogP contribution >= 0.6 is 0 Å². The maximum atomic E-state index is 13.7. The number of aromatic nitrogens is 2. The molecule has 0 radical (unpaired) electrons. The number of carbonyl (C=O) groups is 2. The summed E-state index contributed by atoms with van der Waals surface area (Å²) in [6.07, 6.45) is 0.937. The number of para-hydroxylation sites is 1. The van der Waals surface area contributed by atoms with Crippen molar-refractivity contribution in [2.24, 2.45) is 5.92 Å². The molecule has 0 aliphatic heterocycles. The van der Waals surface area contributed by atoms with E-state index in [0.29, 0.717) is 45.9 Å². The quantitative estimate of drug-likeness (QED) is 0.356. The van der Waals surface area contributed by atoms with E-state index in [2.05, 4.69) is 5.32 Å². The van der Waals surface area contributed by atoms with Gasteiger partial charge in [-0.25, -0.2) is 9.36 Å². The Balaban J connectivity index is 1.78. The molecule has 8 nitrogen and oxygen atoms in total. The van der Waals surface area contributed by atoms with Crippen molar-refractivity contribution in [3.63, 3.8) is 0 Å². The van der Waals surface area contributed by atoms with Crippen LogP contribution in [0.3, 0.4) is 0 Å². The molecule has 0 bridgehead atoms. The maximum Gasteiger partial charge on any atom is 0.336 e. The van der Waals surface area contributed by atoms with E-state index >= 15 is 0 Å². The van der Waals surface area contributed by atoms with E-state index < -0.39 is 11.2 Å². The van der Waals surface area contributed by atoms with Gasteiger partial charge in [0.15, 0.2) is 0 Å². The average Bonchev–Trinajstić information content (AvgIpc) is 2.90. The summed E-state index contributed by atoms with van der Waals surface area (Å²) in [6.45, 7) is 4.75. The number of rotatable bonds is 9. The van der Waals surface area contributed by atoms with Gasteiger partial charge in [0.05, 0.1) is 36.7 Å². The van der Waals surface area contributed by atoms with Gasteiger partial charge in [-0.2, -0.15) is 0 Å². The topological polar surface area (TPSA) is 99.4 Å². The lowest BCUT2D eigenvalue weighted by atomic mass is 10.1. The molecule has 0 saturated heterocycles. The first-order chi connectivity index (χ1) is 17.8. The number of hydrogen-bond donors (Lipinski definition) is 1. The van der Waals surface area contributed by atoms with Crippen molar-refractivity contribution in [2.45, 2.75) is 26.8 Å². The molecular formula is C29H29N3O5. The second-order valence-electron chi connectivity index (χ2n) is 9.26. The van der Waals surface area contributed by atoms with Crippen LogP contribution in [0.1, 0.15) is 35.3 Å². The van der Waals surface area contributed by atoms with Crippen LogP contribution in [0, 0.1) is 5.92 Å². The van der Waals surface area contributed by atoms with E-state index in [1.54, 1.807) is 66.7 Å². The molecule has 0 fully saturated rings. The van der Waals surface area contributed by atoms with Gasteiger partial charge in [-0.3, -0.25) is 19.0 Å². The number of aldehydes is 1. The molecule has 37 heavy (non-hydrogen) atoms. The monoisotopic (exact) mass is 499 g/mol. The molecule has 4 rings (SSSR count). The van der Waals surface area contributed by atoms with Crippen LogP contribution in [0.25, 0.3) is 16.6 Å². The number of fused-ring (bicyclic) bond motifs is 1. The second-order valence-corrected chi connectivity index (χ2v) is 9.26. The van der Waals surface area contributed by atoms with Crippen molar-refractivity contribution < 1.29 is 14.3 Å². The van der Waals surface area contributed by atoms with Crippen LogP contribution in [-0.2, 0) is 17.8 Å². The summed E-state index contributed by atoms with van der Waals surface area (Å²) in [5.74, 6) is 0.798. The normalized spacial score (nSPS) is 11.0. The SMILES string of the molecule is COc1ccc(C=O)cc1Cn1c(=O)n(-c2ccc(CC(=O)NCC(C)C)cc2)c(=O)c2ccccc21. The fourth-order valence-corrected chi connectivity index (χ4v) is 4.20. The Morgan fingerprint density at radius 1 is 1.03 bits per heavy atom. The lowest BCUT2D eigenvalue weighted by Crippen LogP contribution is -2.39. The first-order valence-corrected chi connectivity index (χ1v) is 12.0. The third kappa shape index (κ3) is 5.53. The Morgan fingerprint density at radius 3 is 2.43 bits per heavy atom. The summed E-state index contributed by atoms with van der Waals surface area (Å²) in [7, 11) is 1.52. The fraction of sp³-hybridized carbons (Fsp3) is 0.241. The Morgan fingerprint density at radius 2 is 1.76 bits per heavy atom. The van der Waals surface area contributed by atoms with Crippen LogP contribution < -0.4 is 21.3 Å². The summed E-state index contributed by atoms with van der Waals surface area (Å²) in [5.41, 5.74) is 1.77. The number of nitrogens with one attached hydrogen (secondary N) is 1. The molecule has 190 valence electrons. The Bertz CT molecular complexity index is 1570. The van der Waals surface area contributed by atoms with Crippen molar-refractivity contribution in [2.75, 3.05) is 13.7 Å². The van der Waals surface area contributed by atoms with Crippen LogP contribution in [-0.4, -0.2) is 35.0 Å². The fourth-order valence-electron chi connectivity index (χ4n) is 4.20. The van der Waals surface area contributed by atoms with E-state index in [1.165, 1.54) is 11.7 Å². The van der Waals surface area contributed by atoms with Crippen LogP contribution in [0.2, 0.25) is 0 Å². The number of benzene rings is 3. The lowest BCUT2D eigenvalue weighted by Gasteiger charge is -2.16. The largest absolute Gasteiger partial charge is 0.496 e. The number of amides is 1. The van der Waals surface area contributed by atoms with Gasteiger partial charge in [-0.15, -0.1) is 0 Å². The molecule has 1 N–H and O–H groups in total. The maximum absolute atomic E-state index is 13.7. The van der Waals surface area contributed by atoms with E-state index in [1.807, 2.05) is 13.8 Å². The van der Waals surface area contributed by atoms with Gasteiger partial charge in [0, 0.05) is 17.7 Å². The highest BCUT2D eigenvalue weighted by Crippen LogP contribution is 2.22. The van der Waals surface area contributed by atoms with Gasteiger partial charge in [0.2, 0.25) is 5.91 Å². The summed E-state index contributed by atoms with van der Waals surface area (Å²) in [6, 6.07) is 18.7. The molecule has 1 heterocycles. The highest BCUT2D eigenvalue weighted by atomic mass is 16.5. The standard InChI is InChI=1S/C29H29N3O5/c1-19(2)16-30-27(34)15-20-8-11-23(12-9-20)32-28(35)24-6-4-5-7-25(24)31(29(32)36)17-22-14-21(18-33)10-13-26(22)37-3/h4-14,18-19H,15-17H2,1-3H3,(H,30,34). The average molecular weight is 500 g/mol. The van der Waals surface area contributed by atoms with E-state index in [0.717, 1.165) is 16.4 Å². The van der Waals surface area contributed by atoms with E-state index in [9.17, 15) is 19.2 Å². The van der Waals surface area contributed by atoms with Gasteiger partial charge in [-0.1, -0.05) is 38.1 Å². The van der Waals surface area contributed by atoms with Crippen molar-refractivity contribution >= 4 is 23.1 Å². The van der Waals surface area contributed by atoms with Gasteiger partial charge >= 0.3 is 5.69 Å². The first-order valence-electron chi connectivity index (χ1n) is 12.0. The molecule has 3 aromatic carbocycles. The number of nitrogens with zero attached hydrogens (tertiary/aromatic N) is 2. The summed E-state index contributed by atoms with van der Waals surface area (Å²) in [5, 5.41) is 3.26. The predicted molar refractivity (Wildman–Crippen MR) is 143 cm³/mol. The van der Waals surface area contributed by atoms with Crippen molar-refractivity contribution in [3.8, 4) is 11.4 Å². The van der Waals surface area contributed by atoms with Crippen molar-refractivity contribution in [3.05, 3.63) is 104 Å². The molecular weight excluding hydrogens is 470 g/mol. The zero-order valence-corrected chi connectivity index (χ0v) is 21.1. The Kier molecular flexibility index (Phi) is 7.67. The summed E-state index contributed by atoms with van der Waals surface area (Å²) >= 11 is 0. The molecule has 1 aromatic heterocycles. The molecule has 0 spiro atoms. The van der Waals surface area contributed by atoms with Crippen LogP contribution in [0.4, 0.5) is 0 Å². The third-order valence-electron chi connectivity index (χ3n) is 6.09. The van der Waals surface area contributed by atoms with Crippen LogP contribution in [0.15, 0.2) is 76.3 Å². The molecule has 0 saturated carbocycles. The number of methoxy groups -OCH3 is 1. The number of ether oxygens (including phenoxy) is 1. The first kappa shape index (κ1) is 25.6. The minimum atomic E-state index is -0.523. The smallest absolute Gasteiger partial charge is 0.336 e. The van der Waals surface area contributed by atoms with Crippen LogP contribution in [0.5, 0.6) is 5.75 Å². The Hall–Kier alpha value is -4.46. The summed E-state index contributed by atoms with van der Waals surface area (Å²) in [4.78, 5) is 50.7. The van der Waals surface area contributed by atoms with Gasteiger partial charge in [-0.05, 0) is 53.9 Å². The van der Waals surface area contributed by atoms with Crippen molar-refractivity contribution in [1.82, 2.24) is 14.5 Å². The van der Waals surface area contributed by atoms with Crippen molar-refractivity contribution in [1.29, 1.82) is 0 Å². The molecule has 0 aliphatic carbocycles. The predicted octanol–water partition coefficient (Wildman–Crippen LogP) is 3.34. The molecule has 0 aliphatic rings. The second kappa shape index (κ2) is 11.1. The lowest BCUT2D eigenvalue weighted by molar-refractivity contribution is -0.120. The summed E-state index contributed by atoms with van der Waals surface area (Å²) < 4.78 is 8.07. The molecule has 1 amide bonds. The molecule has 8 heteroatoms. The van der Waals surface area contributed by atoms with Gasteiger partial charge in [0.25, 0.3) is 5.56 Å². The number of hydrogen-bond acceptors (Lipinski definition) is 5. The van der Waals surface area contributed by atoms with Gasteiger partial charge in [0.1, 0.15) is 12.0 Å². The van der Waals surface area contributed by atoms with Gasteiger partial charge < -0.3 is 10.1 Å². The zero-order chi connectivity index (χ0) is 26.5. The third-order valence-corrected chi connectivity index (χ3v) is 6.09.